The van der Waals surface area contributed by atoms with Gasteiger partial charge in [0.2, 0.25) is 0 Å². The van der Waals surface area contributed by atoms with Gasteiger partial charge in [0.15, 0.2) is 0 Å². The van der Waals surface area contributed by atoms with Crippen molar-refractivity contribution in [2.75, 3.05) is 37.6 Å². The Morgan fingerprint density at radius 2 is 1.47 bits per heavy atom. The largest absolute Gasteiger partial charge is 0.365 e. The van der Waals surface area contributed by atoms with Gasteiger partial charge >= 0.3 is 0 Å². The molecule has 3 aromatic rings. The molecule has 8 heteroatoms. The molecular formula is C26H29ClF2N4O. The standard InChI is InChI=1S/C26H28F2N4O.ClH/c27-21-9-5-19(6-10-21)23(20-7-11-22(28)12-8-20)4-2-14-31-15-17-32(18-16-31)26-24(25(29)33)3-1-13-30-26;/h1,3,5-13,23H,2,4,14-18H2,(H2,29,33);1H. The Balaban J connectivity index is 0.00000324. The molecule has 4 rings (SSSR count). The summed E-state index contributed by atoms with van der Waals surface area (Å²) in [6.45, 7) is 4.21. The lowest BCUT2D eigenvalue weighted by molar-refractivity contribution is 0.1000. The Labute approximate surface area is 205 Å². The molecule has 5 nitrogen and oxygen atoms in total. The second kappa shape index (κ2) is 11.9. The van der Waals surface area contributed by atoms with E-state index in [0.717, 1.165) is 56.7 Å². The van der Waals surface area contributed by atoms with Crippen molar-refractivity contribution in [1.29, 1.82) is 0 Å². The van der Waals surface area contributed by atoms with Gasteiger partial charge in [-0.2, -0.15) is 0 Å². The highest BCUT2D eigenvalue weighted by atomic mass is 35.5. The number of aromatic nitrogens is 1. The highest BCUT2D eigenvalue weighted by molar-refractivity contribution is 5.97. The number of pyridine rings is 1. The van der Waals surface area contributed by atoms with Crippen molar-refractivity contribution in [2.45, 2.75) is 18.8 Å². The second-order valence-electron chi connectivity index (χ2n) is 8.37. The lowest BCUT2D eigenvalue weighted by Gasteiger charge is -2.36. The van der Waals surface area contributed by atoms with Crippen LogP contribution < -0.4 is 10.6 Å². The van der Waals surface area contributed by atoms with Crippen molar-refractivity contribution < 1.29 is 13.6 Å². The summed E-state index contributed by atoms with van der Waals surface area (Å²) in [7, 11) is 0. The SMILES string of the molecule is Cl.NC(=O)c1cccnc1N1CCN(CCCC(c2ccc(F)cc2)c2ccc(F)cc2)CC1. The predicted molar refractivity (Wildman–Crippen MR) is 133 cm³/mol. The number of hydrogen-bond donors (Lipinski definition) is 1. The van der Waals surface area contributed by atoms with E-state index in [2.05, 4.69) is 14.8 Å². The summed E-state index contributed by atoms with van der Waals surface area (Å²) in [6, 6.07) is 16.6. The number of nitrogens with zero attached hydrogens (tertiary/aromatic N) is 3. The summed E-state index contributed by atoms with van der Waals surface area (Å²) >= 11 is 0. The molecule has 1 amide bonds. The fourth-order valence-corrected chi connectivity index (χ4v) is 4.46. The first-order valence-corrected chi connectivity index (χ1v) is 11.2. The van der Waals surface area contributed by atoms with Gasteiger partial charge in [0, 0.05) is 38.3 Å². The van der Waals surface area contributed by atoms with Crippen LogP contribution in [0.5, 0.6) is 0 Å². The Kier molecular flexibility index (Phi) is 8.96. The van der Waals surface area contributed by atoms with E-state index in [1.807, 2.05) is 24.3 Å². The highest BCUT2D eigenvalue weighted by Gasteiger charge is 2.22. The van der Waals surface area contributed by atoms with Crippen LogP contribution >= 0.6 is 12.4 Å². The number of halogens is 3. The molecule has 0 radical (unpaired) electrons. The molecule has 34 heavy (non-hydrogen) atoms. The molecule has 180 valence electrons. The fourth-order valence-electron chi connectivity index (χ4n) is 4.46. The quantitative estimate of drug-likeness (QED) is 0.505. The molecule has 2 heterocycles. The van der Waals surface area contributed by atoms with E-state index in [1.165, 1.54) is 24.3 Å². The van der Waals surface area contributed by atoms with E-state index in [0.29, 0.717) is 11.4 Å². The van der Waals surface area contributed by atoms with Gasteiger partial charge in [-0.3, -0.25) is 9.69 Å². The second-order valence-corrected chi connectivity index (χ2v) is 8.37. The van der Waals surface area contributed by atoms with Gasteiger partial charge in [0.05, 0.1) is 5.56 Å². The highest BCUT2D eigenvalue weighted by Crippen LogP contribution is 2.30. The van der Waals surface area contributed by atoms with Gasteiger partial charge in [-0.1, -0.05) is 24.3 Å². The molecule has 1 aliphatic heterocycles. The van der Waals surface area contributed by atoms with Gasteiger partial charge in [0.25, 0.3) is 5.91 Å². The van der Waals surface area contributed by atoms with Crippen molar-refractivity contribution in [2.24, 2.45) is 5.73 Å². The van der Waals surface area contributed by atoms with E-state index in [-0.39, 0.29) is 30.0 Å². The smallest absolute Gasteiger partial charge is 0.252 e. The van der Waals surface area contributed by atoms with E-state index >= 15 is 0 Å². The maximum Gasteiger partial charge on any atom is 0.252 e. The maximum absolute atomic E-state index is 13.4. The number of benzene rings is 2. The number of carbonyl (C=O) groups excluding carboxylic acids is 1. The number of anilines is 1. The van der Waals surface area contributed by atoms with E-state index in [4.69, 9.17) is 5.73 Å². The number of rotatable bonds is 8. The lowest BCUT2D eigenvalue weighted by Crippen LogP contribution is -2.47. The van der Waals surface area contributed by atoms with Crippen LogP contribution in [0.15, 0.2) is 66.9 Å². The van der Waals surface area contributed by atoms with Gasteiger partial charge in [-0.25, -0.2) is 13.8 Å². The first-order chi connectivity index (χ1) is 16.0. The zero-order valence-electron chi connectivity index (χ0n) is 18.9. The van der Waals surface area contributed by atoms with E-state index in [9.17, 15) is 13.6 Å². The molecule has 1 saturated heterocycles. The van der Waals surface area contributed by atoms with Crippen LogP contribution in [0, 0.1) is 11.6 Å². The average Bonchev–Trinajstić information content (AvgIpc) is 2.84. The summed E-state index contributed by atoms with van der Waals surface area (Å²) in [5, 5.41) is 0. The minimum absolute atomic E-state index is 0. The van der Waals surface area contributed by atoms with Crippen LogP contribution in [-0.4, -0.2) is 48.5 Å². The monoisotopic (exact) mass is 486 g/mol. The topological polar surface area (TPSA) is 62.5 Å². The molecular weight excluding hydrogens is 458 g/mol. The zero-order valence-corrected chi connectivity index (χ0v) is 19.7. The molecule has 0 atom stereocenters. The van der Waals surface area contributed by atoms with Crippen LogP contribution in [0.25, 0.3) is 0 Å². The number of amides is 1. The molecule has 0 bridgehead atoms. The third kappa shape index (κ3) is 6.30. The van der Waals surface area contributed by atoms with Crippen LogP contribution in [0.4, 0.5) is 14.6 Å². The molecule has 0 saturated carbocycles. The Hall–Kier alpha value is -3.03. The van der Waals surface area contributed by atoms with Gasteiger partial charge < -0.3 is 10.6 Å². The summed E-state index contributed by atoms with van der Waals surface area (Å²) in [5.74, 6) is -0.256. The molecule has 0 spiro atoms. The minimum Gasteiger partial charge on any atom is -0.365 e. The van der Waals surface area contributed by atoms with Crippen molar-refractivity contribution in [3.63, 3.8) is 0 Å². The molecule has 0 aliphatic carbocycles. The Bertz CT molecular complexity index is 1030. The normalized spacial score (nSPS) is 14.1. The average molecular weight is 487 g/mol. The Morgan fingerprint density at radius 3 is 2.00 bits per heavy atom. The van der Waals surface area contributed by atoms with Gasteiger partial charge in [-0.05, 0) is 66.9 Å². The van der Waals surface area contributed by atoms with E-state index < -0.39 is 5.91 Å². The number of piperazine rings is 1. The van der Waals surface area contributed by atoms with Crippen LogP contribution in [0.2, 0.25) is 0 Å². The summed E-state index contributed by atoms with van der Waals surface area (Å²) < 4.78 is 26.9. The molecule has 0 unspecified atom stereocenters. The lowest BCUT2D eigenvalue weighted by atomic mass is 9.87. The van der Waals surface area contributed by atoms with Gasteiger partial charge in [0.1, 0.15) is 17.5 Å². The van der Waals surface area contributed by atoms with E-state index in [1.54, 1.807) is 18.3 Å². The summed E-state index contributed by atoms with van der Waals surface area (Å²) in [5.41, 5.74) is 8.01. The Morgan fingerprint density at radius 1 is 0.912 bits per heavy atom. The number of carbonyl (C=O) groups is 1. The zero-order chi connectivity index (χ0) is 23.2. The molecule has 1 aliphatic rings. The van der Waals surface area contributed by atoms with Crippen LogP contribution in [0.3, 0.4) is 0 Å². The van der Waals surface area contributed by atoms with Crippen molar-refractivity contribution in [1.82, 2.24) is 9.88 Å². The number of primary amides is 1. The number of hydrogen-bond acceptors (Lipinski definition) is 4. The minimum atomic E-state index is -0.465. The first kappa shape index (κ1) is 25.6. The molecule has 2 N–H and O–H groups in total. The van der Waals surface area contributed by atoms with Crippen molar-refractivity contribution >= 4 is 24.1 Å². The third-order valence-electron chi connectivity index (χ3n) is 6.24. The molecule has 1 fully saturated rings. The molecule has 1 aromatic heterocycles. The van der Waals surface area contributed by atoms with Crippen molar-refractivity contribution in [3.8, 4) is 0 Å². The summed E-state index contributed by atoms with van der Waals surface area (Å²) in [6.07, 6.45) is 3.51. The fraction of sp³-hybridized carbons (Fsp3) is 0.308. The van der Waals surface area contributed by atoms with Crippen LogP contribution in [-0.2, 0) is 0 Å². The first-order valence-electron chi connectivity index (χ1n) is 11.2. The van der Waals surface area contributed by atoms with Crippen molar-refractivity contribution in [3.05, 3.63) is 95.2 Å². The third-order valence-corrected chi connectivity index (χ3v) is 6.24. The molecule has 2 aromatic carbocycles. The predicted octanol–water partition coefficient (Wildman–Crippen LogP) is 4.61. The summed E-state index contributed by atoms with van der Waals surface area (Å²) in [4.78, 5) is 20.6. The van der Waals surface area contributed by atoms with Crippen LogP contribution in [0.1, 0.15) is 40.2 Å². The number of nitrogens with two attached hydrogens (primary N) is 1. The maximum atomic E-state index is 13.4. The van der Waals surface area contributed by atoms with Gasteiger partial charge in [-0.15, -0.1) is 12.4 Å².